The van der Waals surface area contributed by atoms with E-state index in [-0.39, 0.29) is 35.2 Å². The molecule has 27 heavy (non-hydrogen) atoms. The summed E-state index contributed by atoms with van der Waals surface area (Å²) in [5, 5.41) is 0. The number of ether oxygens (including phenoxy) is 3. The Bertz CT molecular complexity index is 641. The first-order chi connectivity index (χ1) is 12.7. The van der Waals surface area contributed by atoms with E-state index in [1.807, 2.05) is 0 Å². The second kappa shape index (κ2) is 6.72. The molecule has 2 fully saturated rings. The van der Waals surface area contributed by atoms with E-state index in [1.54, 1.807) is 0 Å². The van der Waals surface area contributed by atoms with Gasteiger partial charge in [0.05, 0.1) is 25.4 Å². The Morgan fingerprint density at radius 2 is 1.19 bits per heavy atom. The molecule has 0 saturated carbocycles. The molecule has 3 heteroatoms. The molecule has 2 heterocycles. The van der Waals surface area contributed by atoms with E-state index in [4.69, 9.17) is 14.2 Å². The average molecular weight is 371 g/mol. The summed E-state index contributed by atoms with van der Waals surface area (Å²) in [7, 11) is 0. The fraction of sp³-hybridized carbons (Fsp3) is 0.667. The first-order valence-corrected chi connectivity index (χ1v) is 10.3. The highest BCUT2D eigenvalue weighted by Crippen LogP contribution is 2.46. The maximum absolute atomic E-state index is 6.91. The van der Waals surface area contributed by atoms with Crippen LogP contribution in [0.15, 0.2) is 47.6 Å². The lowest BCUT2D eigenvalue weighted by Gasteiger charge is -2.43. The van der Waals surface area contributed by atoms with Crippen molar-refractivity contribution in [3.63, 3.8) is 0 Å². The fourth-order valence-electron chi connectivity index (χ4n) is 5.01. The molecule has 0 aromatic carbocycles. The third-order valence-corrected chi connectivity index (χ3v) is 6.52. The summed E-state index contributed by atoms with van der Waals surface area (Å²) in [4.78, 5) is 0. The number of hydrogen-bond acceptors (Lipinski definition) is 3. The van der Waals surface area contributed by atoms with Gasteiger partial charge in [-0.1, -0.05) is 75.3 Å². The van der Waals surface area contributed by atoms with Crippen LogP contribution in [0, 0.1) is 22.7 Å². The standard InChI is InChI=1S/C24H34O3/c1-15-7-9-17(23(3,4)11-15)21(19-13-25-19)27-22(20-14-26-20)18-10-8-16(2)12-24(18,5)6/h7-12,17-22H,13-14H2,1-6H3. The molecule has 148 valence electrons. The SMILES string of the molecule is CC1=CC(C)(C)C(C(OC(C2CO2)C2C=CC(C)=CC2(C)C)C2CO2)C=C1. The smallest absolute Gasteiger partial charge is 0.108 e. The van der Waals surface area contributed by atoms with Crippen LogP contribution < -0.4 is 0 Å². The summed E-state index contributed by atoms with van der Waals surface area (Å²) in [6, 6.07) is 0. The molecule has 4 aliphatic rings. The molecule has 0 N–H and O–H groups in total. The summed E-state index contributed by atoms with van der Waals surface area (Å²) in [6.07, 6.45) is 14.4. The van der Waals surface area contributed by atoms with Gasteiger partial charge in [-0.2, -0.15) is 0 Å². The van der Waals surface area contributed by atoms with Crippen LogP contribution in [-0.4, -0.2) is 37.6 Å². The van der Waals surface area contributed by atoms with Gasteiger partial charge in [0.1, 0.15) is 12.2 Å². The van der Waals surface area contributed by atoms with E-state index in [1.165, 1.54) is 11.1 Å². The summed E-state index contributed by atoms with van der Waals surface area (Å²) in [5.74, 6) is 0.617. The van der Waals surface area contributed by atoms with Crippen molar-refractivity contribution in [3.8, 4) is 0 Å². The van der Waals surface area contributed by atoms with Crippen LogP contribution in [0.5, 0.6) is 0 Å². The zero-order chi connectivity index (χ0) is 19.4. The minimum absolute atomic E-state index is 0.0544. The molecule has 0 radical (unpaired) electrons. The normalized spacial score (nSPS) is 38.0. The molecule has 0 spiro atoms. The Hall–Kier alpha value is -1.16. The van der Waals surface area contributed by atoms with Crippen molar-refractivity contribution in [2.45, 2.75) is 66.0 Å². The minimum atomic E-state index is 0.0544. The predicted molar refractivity (Wildman–Crippen MR) is 108 cm³/mol. The Labute approximate surface area is 164 Å². The zero-order valence-electron chi connectivity index (χ0n) is 17.6. The zero-order valence-corrected chi connectivity index (χ0v) is 17.6. The van der Waals surface area contributed by atoms with Crippen LogP contribution in [0.3, 0.4) is 0 Å². The van der Waals surface area contributed by atoms with Gasteiger partial charge in [0.2, 0.25) is 0 Å². The highest BCUT2D eigenvalue weighted by Gasteiger charge is 2.50. The van der Waals surface area contributed by atoms with E-state index in [9.17, 15) is 0 Å². The van der Waals surface area contributed by atoms with Crippen LogP contribution in [0.25, 0.3) is 0 Å². The average Bonchev–Trinajstić information content (AvgIpc) is 3.43. The van der Waals surface area contributed by atoms with Crippen molar-refractivity contribution >= 4 is 0 Å². The van der Waals surface area contributed by atoms with Crippen molar-refractivity contribution in [2.75, 3.05) is 13.2 Å². The van der Waals surface area contributed by atoms with E-state index in [0.717, 1.165) is 13.2 Å². The first kappa shape index (κ1) is 19.2. The molecule has 0 aromatic rings. The third kappa shape index (κ3) is 4.01. The quantitative estimate of drug-likeness (QED) is 0.627. The van der Waals surface area contributed by atoms with Gasteiger partial charge in [0.25, 0.3) is 0 Å². The molecular formula is C24H34O3. The molecule has 6 unspecified atom stereocenters. The number of rotatable bonds is 6. The lowest BCUT2D eigenvalue weighted by Crippen LogP contribution is -2.46. The largest absolute Gasteiger partial charge is 0.370 e. The molecule has 4 rings (SSSR count). The van der Waals surface area contributed by atoms with Crippen LogP contribution in [0.4, 0.5) is 0 Å². The van der Waals surface area contributed by atoms with Gasteiger partial charge in [0.15, 0.2) is 0 Å². The van der Waals surface area contributed by atoms with E-state index in [2.05, 4.69) is 78.0 Å². The summed E-state index contributed by atoms with van der Waals surface area (Å²) < 4.78 is 18.4. The molecule has 6 atom stereocenters. The van der Waals surface area contributed by atoms with E-state index in [0.29, 0.717) is 11.8 Å². The minimum Gasteiger partial charge on any atom is -0.370 e. The number of hydrogen-bond donors (Lipinski definition) is 0. The molecular weight excluding hydrogens is 336 g/mol. The Morgan fingerprint density at radius 1 is 0.815 bits per heavy atom. The lowest BCUT2D eigenvalue weighted by atomic mass is 9.69. The van der Waals surface area contributed by atoms with Gasteiger partial charge in [0, 0.05) is 11.8 Å². The molecule has 2 aliphatic carbocycles. The number of allylic oxidation sites excluding steroid dienone is 6. The van der Waals surface area contributed by atoms with Crippen molar-refractivity contribution < 1.29 is 14.2 Å². The van der Waals surface area contributed by atoms with Gasteiger partial charge in [-0.15, -0.1) is 0 Å². The van der Waals surface area contributed by atoms with Crippen LogP contribution in [0.1, 0.15) is 41.5 Å². The van der Waals surface area contributed by atoms with Crippen molar-refractivity contribution in [2.24, 2.45) is 22.7 Å². The van der Waals surface area contributed by atoms with Crippen LogP contribution in [-0.2, 0) is 14.2 Å². The van der Waals surface area contributed by atoms with Gasteiger partial charge >= 0.3 is 0 Å². The highest BCUT2D eigenvalue weighted by molar-refractivity contribution is 5.29. The second-order valence-corrected chi connectivity index (χ2v) is 10.00. The molecule has 2 aliphatic heterocycles. The van der Waals surface area contributed by atoms with Crippen molar-refractivity contribution in [1.82, 2.24) is 0 Å². The predicted octanol–water partition coefficient (Wildman–Crippen LogP) is 4.85. The second-order valence-electron chi connectivity index (χ2n) is 10.00. The monoisotopic (exact) mass is 370 g/mol. The van der Waals surface area contributed by atoms with E-state index >= 15 is 0 Å². The van der Waals surface area contributed by atoms with Gasteiger partial charge in [-0.25, -0.2) is 0 Å². The molecule has 0 aromatic heterocycles. The summed E-state index contributed by atoms with van der Waals surface area (Å²) in [5.41, 5.74) is 2.76. The van der Waals surface area contributed by atoms with E-state index < -0.39 is 0 Å². The van der Waals surface area contributed by atoms with Gasteiger partial charge < -0.3 is 14.2 Å². The molecule has 2 saturated heterocycles. The Morgan fingerprint density at radius 3 is 1.48 bits per heavy atom. The van der Waals surface area contributed by atoms with Crippen molar-refractivity contribution in [3.05, 3.63) is 47.6 Å². The highest BCUT2D eigenvalue weighted by atomic mass is 16.6. The number of epoxide rings is 2. The summed E-state index contributed by atoms with van der Waals surface area (Å²) in [6.45, 7) is 15.2. The third-order valence-electron chi connectivity index (χ3n) is 6.52. The maximum Gasteiger partial charge on any atom is 0.108 e. The Kier molecular flexibility index (Phi) is 4.77. The van der Waals surface area contributed by atoms with Gasteiger partial charge in [-0.05, 0) is 24.7 Å². The van der Waals surface area contributed by atoms with Crippen LogP contribution >= 0.6 is 0 Å². The van der Waals surface area contributed by atoms with Gasteiger partial charge in [-0.3, -0.25) is 0 Å². The first-order valence-electron chi connectivity index (χ1n) is 10.3. The van der Waals surface area contributed by atoms with Crippen LogP contribution in [0.2, 0.25) is 0 Å². The molecule has 0 amide bonds. The van der Waals surface area contributed by atoms with Crippen molar-refractivity contribution in [1.29, 1.82) is 0 Å². The lowest BCUT2D eigenvalue weighted by molar-refractivity contribution is -0.1000. The summed E-state index contributed by atoms with van der Waals surface area (Å²) >= 11 is 0. The maximum atomic E-state index is 6.91. The fourth-order valence-corrected chi connectivity index (χ4v) is 5.01. The Balaban J connectivity index is 1.59. The topological polar surface area (TPSA) is 34.3 Å². The molecule has 3 nitrogen and oxygen atoms in total. The molecule has 0 bridgehead atoms.